The number of amides is 3. The van der Waals surface area contributed by atoms with E-state index < -0.39 is 55.0 Å². The normalized spacial score (nSPS) is 15.8. The summed E-state index contributed by atoms with van der Waals surface area (Å²) >= 11 is 0. The molecule has 1 N–H and O–H groups in total. The number of carbonyl (C=O) groups is 4. The predicted octanol–water partition coefficient (Wildman–Crippen LogP) is 1.92. The van der Waals surface area contributed by atoms with Crippen LogP contribution < -0.4 is 5.32 Å². The number of halogens is 3. The van der Waals surface area contributed by atoms with Gasteiger partial charge in [0, 0.05) is 0 Å². The van der Waals surface area contributed by atoms with Crippen LogP contribution in [0.4, 0.5) is 13.2 Å². The monoisotopic (exact) mass is 400 g/mol. The number of fused-ring (bicyclic) bond motifs is 1. The highest BCUT2D eigenvalue weighted by Gasteiger charge is 2.45. The van der Waals surface area contributed by atoms with Crippen molar-refractivity contribution in [1.82, 2.24) is 10.2 Å². The molecule has 0 saturated carbocycles. The van der Waals surface area contributed by atoms with Crippen LogP contribution in [0.5, 0.6) is 0 Å². The molecule has 2 rings (SSSR count). The Morgan fingerprint density at radius 2 is 1.68 bits per heavy atom. The van der Waals surface area contributed by atoms with Crippen molar-refractivity contribution >= 4 is 23.7 Å². The first-order valence-corrected chi connectivity index (χ1v) is 8.53. The number of nitrogens with one attached hydrogen (secondary N) is 1. The Morgan fingerprint density at radius 3 is 2.14 bits per heavy atom. The van der Waals surface area contributed by atoms with Crippen LogP contribution in [-0.2, 0) is 14.3 Å². The maximum Gasteiger partial charge on any atom is 0.405 e. The summed E-state index contributed by atoms with van der Waals surface area (Å²) in [4.78, 5) is 50.0. The molecule has 0 bridgehead atoms. The van der Waals surface area contributed by atoms with Crippen molar-refractivity contribution in [1.29, 1.82) is 0 Å². The SMILES string of the molecule is CC[C@H](C)[C@@H](C(=O)OCC(=O)NCC(F)(F)F)N1C(=O)c2ccccc2C1=O. The van der Waals surface area contributed by atoms with E-state index >= 15 is 0 Å². The van der Waals surface area contributed by atoms with Crippen LogP contribution >= 0.6 is 0 Å². The van der Waals surface area contributed by atoms with Crippen LogP contribution in [-0.4, -0.2) is 54.0 Å². The lowest BCUT2D eigenvalue weighted by molar-refractivity contribution is -0.155. The molecule has 1 heterocycles. The summed E-state index contributed by atoms with van der Waals surface area (Å²) in [5, 5.41) is 1.57. The Hall–Kier alpha value is -2.91. The third-order valence-corrected chi connectivity index (χ3v) is 4.36. The van der Waals surface area contributed by atoms with Gasteiger partial charge in [-0.15, -0.1) is 0 Å². The smallest absolute Gasteiger partial charge is 0.405 e. The first kappa shape index (κ1) is 21.4. The van der Waals surface area contributed by atoms with Crippen LogP contribution in [0.1, 0.15) is 41.0 Å². The Labute approximate surface area is 158 Å². The molecule has 0 saturated heterocycles. The minimum Gasteiger partial charge on any atom is -0.454 e. The van der Waals surface area contributed by atoms with Crippen LogP contribution in [0.25, 0.3) is 0 Å². The molecule has 0 aromatic heterocycles. The molecule has 7 nitrogen and oxygen atoms in total. The van der Waals surface area contributed by atoms with Gasteiger partial charge in [-0.2, -0.15) is 13.2 Å². The number of rotatable bonds is 7. The highest BCUT2D eigenvalue weighted by Crippen LogP contribution is 2.28. The zero-order chi connectivity index (χ0) is 21.1. The van der Waals surface area contributed by atoms with E-state index in [0.29, 0.717) is 6.42 Å². The van der Waals surface area contributed by atoms with E-state index in [2.05, 4.69) is 0 Å². The molecular formula is C18H19F3N2O5. The summed E-state index contributed by atoms with van der Waals surface area (Å²) in [7, 11) is 0. The number of ether oxygens (including phenoxy) is 1. The topological polar surface area (TPSA) is 92.8 Å². The Kier molecular flexibility index (Phi) is 6.42. The van der Waals surface area contributed by atoms with Crippen LogP contribution in [0.3, 0.4) is 0 Å². The number of nitrogens with zero attached hydrogens (tertiary/aromatic N) is 1. The summed E-state index contributed by atoms with van der Waals surface area (Å²) < 4.78 is 41.1. The van der Waals surface area contributed by atoms with Gasteiger partial charge in [-0.1, -0.05) is 32.4 Å². The fourth-order valence-electron chi connectivity index (χ4n) is 2.75. The number of hydrogen-bond acceptors (Lipinski definition) is 5. The molecule has 28 heavy (non-hydrogen) atoms. The molecule has 1 aliphatic rings. The summed E-state index contributed by atoms with van der Waals surface area (Å²) in [6, 6.07) is 4.77. The van der Waals surface area contributed by atoms with E-state index in [1.54, 1.807) is 31.3 Å². The lowest BCUT2D eigenvalue weighted by Gasteiger charge is -2.28. The molecule has 1 aromatic rings. The summed E-state index contributed by atoms with van der Waals surface area (Å²) in [5.74, 6) is -4.00. The van der Waals surface area contributed by atoms with Crippen molar-refractivity contribution in [2.45, 2.75) is 32.5 Å². The standard InChI is InChI=1S/C18H19F3N2O5/c1-3-10(2)14(17(27)28-8-13(24)22-9-18(19,20)21)23-15(25)11-6-4-5-7-12(11)16(23)26/h4-7,10,14H,3,8-9H2,1-2H3,(H,22,24)/t10-,14-/m0/s1. The van der Waals surface area contributed by atoms with Gasteiger partial charge in [0.15, 0.2) is 6.61 Å². The van der Waals surface area contributed by atoms with Gasteiger partial charge in [0.25, 0.3) is 17.7 Å². The molecule has 1 aliphatic heterocycles. The van der Waals surface area contributed by atoms with Crippen molar-refractivity contribution in [2.75, 3.05) is 13.2 Å². The van der Waals surface area contributed by atoms with Crippen molar-refractivity contribution in [3.63, 3.8) is 0 Å². The minimum absolute atomic E-state index is 0.150. The number of benzene rings is 1. The van der Waals surface area contributed by atoms with Crippen LogP contribution in [0, 0.1) is 5.92 Å². The second-order valence-electron chi connectivity index (χ2n) is 6.36. The third kappa shape index (κ3) is 4.68. The third-order valence-electron chi connectivity index (χ3n) is 4.36. The molecule has 152 valence electrons. The fourth-order valence-corrected chi connectivity index (χ4v) is 2.75. The van der Waals surface area contributed by atoms with Gasteiger partial charge in [-0.3, -0.25) is 19.3 Å². The predicted molar refractivity (Wildman–Crippen MR) is 90.2 cm³/mol. The second-order valence-corrected chi connectivity index (χ2v) is 6.36. The number of esters is 1. The number of alkyl halides is 3. The summed E-state index contributed by atoms with van der Waals surface area (Å²) in [5.41, 5.74) is 0.299. The van der Waals surface area contributed by atoms with E-state index in [1.165, 1.54) is 12.1 Å². The van der Waals surface area contributed by atoms with Gasteiger partial charge in [0.1, 0.15) is 12.6 Å². The van der Waals surface area contributed by atoms with Crippen LogP contribution in [0.15, 0.2) is 24.3 Å². The molecule has 0 unspecified atom stereocenters. The summed E-state index contributed by atoms with van der Waals surface area (Å²) in [6.07, 6.45) is -4.19. The van der Waals surface area contributed by atoms with Gasteiger partial charge in [-0.05, 0) is 18.1 Å². The molecular weight excluding hydrogens is 381 g/mol. The first-order valence-electron chi connectivity index (χ1n) is 8.53. The molecule has 3 amide bonds. The van der Waals surface area contributed by atoms with Crippen molar-refractivity contribution in [2.24, 2.45) is 5.92 Å². The molecule has 0 radical (unpaired) electrons. The van der Waals surface area contributed by atoms with Crippen molar-refractivity contribution in [3.05, 3.63) is 35.4 Å². The van der Waals surface area contributed by atoms with Crippen molar-refractivity contribution < 1.29 is 37.1 Å². The largest absolute Gasteiger partial charge is 0.454 e. The first-order chi connectivity index (χ1) is 13.1. The van der Waals surface area contributed by atoms with Gasteiger partial charge in [-0.25, -0.2) is 4.79 Å². The molecule has 0 aliphatic carbocycles. The zero-order valence-corrected chi connectivity index (χ0v) is 15.2. The lowest BCUT2D eigenvalue weighted by Crippen LogP contribution is -2.50. The maximum atomic E-state index is 12.6. The Morgan fingerprint density at radius 1 is 1.14 bits per heavy atom. The van der Waals surface area contributed by atoms with E-state index in [1.807, 2.05) is 0 Å². The number of hydrogen-bond donors (Lipinski definition) is 1. The zero-order valence-electron chi connectivity index (χ0n) is 15.2. The minimum atomic E-state index is -4.60. The van der Waals surface area contributed by atoms with E-state index in [4.69, 9.17) is 4.74 Å². The van der Waals surface area contributed by atoms with Crippen molar-refractivity contribution in [3.8, 4) is 0 Å². The van der Waals surface area contributed by atoms with Gasteiger partial charge in [0.05, 0.1) is 11.1 Å². The fraction of sp³-hybridized carbons (Fsp3) is 0.444. The molecule has 0 spiro atoms. The average molecular weight is 400 g/mol. The molecule has 10 heteroatoms. The lowest BCUT2D eigenvalue weighted by atomic mass is 9.97. The average Bonchev–Trinajstić information content (AvgIpc) is 2.89. The van der Waals surface area contributed by atoms with Gasteiger partial charge in [0.2, 0.25) is 0 Å². The Balaban J connectivity index is 2.12. The highest BCUT2D eigenvalue weighted by molar-refractivity contribution is 6.22. The second kappa shape index (κ2) is 8.41. The van der Waals surface area contributed by atoms with Crippen LogP contribution in [0.2, 0.25) is 0 Å². The highest BCUT2D eigenvalue weighted by atomic mass is 19.4. The van der Waals surface area contributed by atoms with Gasteiger partial charge >= 0.3 is 12.1 Å². The Bertz CT molecular complexity index is 759. The molecule has 1 aromatic carbocycles. The number of carbonyl (C=O) groups excluding carboxylic acids is 4. The maximum absolute atomic E-state index is 12.6. The number of imide groups is 1. The quantitative estimate of drug-likeness (QED) is 0.558. The van der Waals surface area contributed by atoms with Gasteiger partial charge < -0.3 is 10.1 Å². The van der Waals surface area contributed by atoms with E-state index in [0.717, 1.165) is 4.90 Å². The molecule has 2 atom stereocenters. The molecule has 0 fully saturated rings. The summed E-state index contributed by atoms with van der Waals surface area (Å²) in [6.45, 7) is 0.847. The van der Waals surface area contributed by atoms with E-state index in [9.17, 15) is 32.3 Å². The van der Waals surface area contributed by atoms with E-state index in [-0.39, 0.29) is 11.1 Å².